The topological polar surface area (TPSA) is 45.2 Å². The van der Waals surface area contributed by atoms with Gasteiger partial charge in [0.25, 0.3) is 0 Å². The van der Waals surface area contributed by atoms with Crippen molar-refractivity contribution >= 4 is 5.69 Å². The first-order valence-corrected chi connectivity index (χ1v) is 7.63. The first-order chi connectivity index (χ1) is 10.3. The molecule has 1 saturated heterocycles. The molecule has 0 amide bonds. The Morgan fingerprint density at radius 2 is 1.86 bits per heavy atom. The average molecular weight is 294 g/mol. The van der Waals surface area contributed by atoms with Crippen LogP contribution in [-0.2, 0) is 4.74 Å². The van der Waals surface area contributed by atoms with E-state index in [-0.39, 0.29) is 6.61 Å². The highest BCUT2D eigenvalue weighted by Gasteiger charge is 2.14. The van der Waals surface area contributed by atoms with E-state index in [0.717, 1.165) is 44.9 Å². The first kappa shape index (κ1) is 16.1. The molecule has 1 N–H and O–H groups in total. The van der Waals surface area contributed by atoms with Crippen molar-refractivity contribution in [3.8, 4) is 5.75 Å². The van der Waals surface area contributed by atoms with Crippen molar-refractivity contribution < 1.29 is 14.6 Å². The molecule has 118 valence electrons. The van der Waals surface area contributed by atoms with Gasteiger partial charge < -0.3 is 19.5 Å². The molecule has 0 radical (unpaired) electrons. The largest absolute Gasteiger partial charge is 0.497 e. The second-order valence-corrected chi connectivity index (χ2v) is 5.22. The van der Waals surface area contributed by atoms with Crippen LogP contribution in [0.25, 0.3) is 0 Å². The van der Waals surface area contributed by atoms with E-state index in [4.69, 9.17) is 14.6 Å². The second-order valence-electron chi connectivity index (χ2n) is 5.22. The van der Waals surface area contributed by atoms with Crippen molar-refractivity contribution in [1.29, 1.82) is 0 Å². The summed E-state index contributed by atoms with van der Waals surface area (Å²) in [5.41, 5.74) is 1.26. The summed E-state index contributed by atoms with van der Waals surface area (Å²) in [4.78, 5) is 4.86. The normalized spacial score (nSPS) is 16.8. The molecule has 5 nitrogen and oxygen atoms in total. The van der Waals surface area contributed by atoms with Gasteiger partial charge in [-0.3, -0.25) is 4.90 Å². The van der Waals surface area contributed by atoms with Crippen LogP contribution in [0.2, 0.25) is 0 Å². The van der Waals surface area contributed by atoms with Crippen molar-refractivity contribution in [3.05, 3.63) is 24.3 Å². The van der Waals surface area contributed by atoms with Gasteiger partial charge in [-0.25, -0.2) is 0 Å². The Labute approximate surface area is 127 Å². The van der Waals surface area contributed by atoms with Crippen molar-refractivity contribution in [2.45, 2.75) is 6.42 Å². The summed E-state index contributed by atoms with van der Waals surface area (Å²) < 4.78 is 10.5. The van der Waals surface area contributed by atoms with Crippen molar-refractivity contribution in [2.24, 2.45) is 0 Å². The molecule has 0 aromatic heterocycles. The number of ether oxygens (including phenoxy) is 2. The van der Waals surface area contributed by atoms with Crippen molar-refractivity contribution in [2.75, 3.05) is 64.6 Å². The zero-order valence-corrected chi connectivity index (χ0v) is 12.8. The zero-order chi connectivity index (χ0) is 14.9. The lowest BCUT2D eigenvalue weighted by Crippen LogP contribution is -2.33. The molecule has 1 aromatic rings. The SMILES string of the molecule is COc1ccc(N2CCCN(CCOCCO)CC2)cc1. The maximum atomic E-state index is 8.69. The van der Waals surface area contributed by atoms with E-state index in [2.05, 4.69) is 21.9 Å². The van der Waals surface area contributed by atoms with E-state index in [1.165, 1.54) is 5.69 Å². The van der Waals surface area contributed by atoms with E-state index < -0.39 is 0 Å². The third kappa shape index (κ3) is 5.19. The average Bonchev–Trinajstić information content (AvgIpc) is 2.77. The fourth-order valence-corrected chi connectivity index (χ4v) is 2.61. The molecule has 1 aliphatic heterocycles. The van der Waals surface area contributed by atoms with Gasteiger partial charge in [0.05, 0.1) is 26.9 Å². The van der Waals surface area contributed by atoms with Gasteiger partial charge in [-0.15, -0.1) is 0 Å². The predicted octanol–water partition coefficient (Wildman–Crippen LogP) is 1.22. The first-order valence-electron chi connectivity index (χ1n) is 7.63. The van der Waals surface area contributed by atoms with Crippen LogP contribution in [0.4, 0.5) is 5.69 Å². The molecule has 5 heteroatoms. The van der Waals surface area contributed by atoms with Crippen molar-refractivity contribution in [1.82, 2.24) is 4.90 Å². The molecule has 1 aliphatic rings. The Kier molecular flexibility index (Phi) is 6.79. The predicted molar refractivity (Wildman–Crippen MR) is 84.2 cm³/mol. The fourth-order valence-electron chi connectivity index (χ4n) is 2.61. The highest BCUT2D eigenvalue weighted by Crippen LogP contribution is 2.20. The van der Waals surface area contributed by atoms with Gasteiger partial charge in [-0.2, -0.15) is 0 Å². The number of rotatable bonds is 7. The molecule has 0 unspecified atom stereocenters. The van der Waals surface area contributed by atoms with E-state index in [1.807, 2.05) is 12.1 Å². The number of nitrogens with zero attached hydrogens (tertiary/aromatic N) is 2. The van der Waals surface area contributed by atoms with Gasteiger partial charge in [-0.05, 0) is 37.2 Å². The molecule has 1 heterocycles. The monoisotopic (exact) mass is 294 g/mol. The number of hydrogen-bond donors (Lipinski definition) is 1. The number of aliphatic hydroxyl groups is 1. The molecule has 21 heavy (non-hydrogen) atoms. The van der Waals surface area contributed by atoms with Crippen LogP contribution >= 0.6 is 0 Å². The summed E-state index contributed by atoms with van der Waals surface area (Å²) in [6.45, 7) is 6.45. The highest BCUT2D eigenvalue weighted by molar-refractivity contribution is 5.49. The quantitative estimate of drug-likeness (QED) is 0.766. The number of hydrogen-bond acceptors (Lipinski definition) is 5. The summed E-state index contributed by atoms with van der Waals surface area (Å²) in [5, 5.41) is 8.69. The minimum atomic E-state index is 0.102. The van der Waals surface area contributed by atoms with Gasteiger partial charge in [-0.1, -0.05) is 0 Å². The molecule has 2 rings (SSSR count). The fraction of sp³-hybridized carbons (Fsp3) is 0.625. The molecular formula is C16H26N2O3. The zero-order valence-electron chi connectivity index (χ0n) is 12.8. The molecule has 0 aliphatic carbocycles. The minimum absolute atomic E-state index is 0.102. The second kappa shape index (κ2) is 8.87. The standard InChI is InChI=1S/C16H26N2O3/c1-20-16-5-3-15(4-6-16)18-8-2-7-17(9-10-18)11-13-21-14-12-19/h3-6,19H,2,7-14H2,1H3. The number of anilines is 1. The summed E-state index contributed by atoms with van der Waals surface area (Å²) in [6, 6.07) is 8.28. The number of aliphatic hydroxyl groups excluding tert-OH is 1. The Hall–Kier alpha value is -1.30. The molecule has 1 fully saturated rings. The van der Waals surface area contributed by atoms with Gasteiger partial charge in [0.15, 0.2) is 0 Å². The van der Waals surface area contributed by atoms with E-state index >= 15 is 0 Å². The third-order valence-corrected chi connectivity index (χ3v) is 3.81. The summed E-state index contributed by atoms with van der Waals surface area (Å²) in [7, 11) is 1.69. The van der Waals surface area contributed by atoms with Crippen molar-refractivity contribution in [3.63, 3.8) is 0 Å². The van der Waals surface area contributed by atoms with Crippen LogP contribution in [0.3, 0.4) is 0 Å². The highest BCUT2D eigenvalue weighted by atomic mass is 16.5. The summed E-state index contributed by atoms with van der Waals surface area (Å²) in [5.74, 6) is 0.899. The molecule has 0 atom stereocenters. The third-order valence-electron chi connectivity index (χ3n) is 3.81. The van der Waals surface area contributed by atoms with E-state index in [0.29, 0.717) is 13.2 Å². The van der Waals surface area contributed by atoms with Crippen LogP contribution < -0.4 is 9.64 Å². The maximum absolute atomic E-state index is 8.69. The lowest BCUT2D eigenvalue weighted by Gasteiger charge is -2.23. The maximum Gasteiger partial charge on any atom is 0.119 e. The van der Waals surface area contributed by atoms with Gasteiger partial charge in [0.2, 0.25) is 0 Å². The lowest BCUT2D eigenvalue weighted by atomic mass is 10.2. The van der Waals surface area contributed by atoms with E-state index in [1.54, 1.807) is 7.11 Å². The molecular weight excluding hydrogens is 268 g/mol. The smallest absolute Gasteiger partial charge is 0.119 e. The minimum Gasteiger partial charge on any atom is -0.497 e. The van der Waals surface area contributed by atoms with Gasteiger partial charge in [0.1, 0.15) is 5.75 Å². The lowest BCUT2D eigenvalue weighted by molar-refractivity contribution is 0.0750. The molecule has 0 bridgehead atoms. The van der Waals surface area contributed by atoms with Crippen LogP contribution in [0.15, 0.2) is 24.3 Å². The van der Waals surface area contributed by atoms with Crippen LogP contribution in [0.5, 0.6) is 5.75 Å². The molecule has 1 aromatic carbocycles. The Morgan fingerprint density at radius 3 is 2.57 bits per heavy atom. The Balaban J connectivity index is 1.79. The summed E-state index contributed by atoms with van der Waals surface area (Å²) in [6.07, 6.45) is 1.16. The van der Waals surface area contributed by atoms with Gasteiger partial charge in [0, 0.05) is 31.9 Å². The molecule has 0 saturated carbocycles. The Bertz CT molecular complexity index is 397. The number of methoxy groups -OCH3 is 1. The van der Waals surface area contributed by atoms with Crippen LogP contribution in [-0.4, -0.2) is 69.7 Å². The molecule has 0 spiro atoms. The summed E-state index contributed by atoms with van der Waals surface area (Å²) >= 11 is 0. The van der Waals surface area contributed by atoms with Crippen LogP contribution in [0.1, 0.15) is 6.42 Å². The number of benzene rings is 1. The van der Waals surface area contributed by atoms with Gasteiger partial charge >= 0.3 is 0 Å². The van der Waals surface area contributed by atoms with E-state index in [9.17, 15) is 0 Å². The Morgan fingerprint density at radius 1 is 1.05 bits per heavy atom. The van der Waals surface area contributed by atoms with Crippen LogP contribution in [0, 0.1) is 0 Å².